The molecule has 1 aromatic rings. The van der Waals surface area contributed by atoms with Crippen LogP contribution >= 0.6 is 0 Å². The average Bonchev–Trinajstić information content (AvgIpc) is 2.46. The zero-order valence-corrected chi connectivity index (χ0v) is 11.3. The molecule has 0 radical (unpaired) electrons. The van der Waals surface area contributed by atoms with Crippen LogP contribution in [0.4, 0.5) is 4.79 Å². The number of likely N-dealkylation sites (tertiary alicyclic amines) is 1. The molecule has 0 spiro atoms. The Morgan fingerprint density at radius 3 is 2.89 bits per heavy atom. The summed E-state index contributed by atoms with van der Waals surface area (Å²) >= 11 is 0. The molecule has 2 N–H and O–H groups in total. The number of hydrogen-bond acceptors (Lipinski definition) is 3. The van der Waals surface area contributed by atoms with Gasteiger partial charge in [-0.3, -0.25) is 0 Å². The van der Waals surface area contributed by atoms with Crippen molar-refractivity contribution in [2.24, 2.45) is 11.7 Å². The number of piperidine rings is 1. The van der Waals surface area contributed by atoms with Gasteiger partial charge in [0.2, 0.25) is 0 Å². The van der Waals surface area contributed by atoms with Crippen LogP contribution in [0, 0.1) is 5.92 Å². The first-order chi connectivity index (χ1) is 9.29. The van der Waals surface area contributed by atoms with Crippen molar-refractivity contribution >= 4 is 6.09 Å². The van der Waals surface area contributed by atoms with Crippen molar-refractivity contribution in [2.75, 3.05) is 19.6 Å². The molecule has 4 heteroatoms. The predicted molar refractivity (Wildman–Crippen MR) is 74.6 cm³/mol. The Labute approximate surface area is 114 Å². The van der Waals surface area contributed by atoms with Crippen molar-refractivity contribution in [3.8, 4) is 0 Å². The van der Waals surface area contributed by atoms with Crippen molar-refractivity contribution in [2.45, 2.75) is 25.9 Å². The third kappa shape index (κ3) is 4.24. The van der Waals surface area contributed by atoms with E-state index in [1.165, 1.54) is 6.42 Å². The number of benzene rings is 1. The number of carbonyl (C=O) groups excluding carboxylic acids is 1. The molecule has 0 unspecified atom stereocenters. The fourth-order valence-electron chi connectivity index (χ4n) is 2.51. The Bertz CT molecular complexity index is 392. The van der Waals surface area contributed by atoms with E-state index in [2.05, 4.69) is 0 Å². The molecule has 1 aromatic carbocycles. The second-order valence-electron chi connectivity index (χ2n) is 5.07. The molecule has 1 heterocycles. The Morgan fingerprint density at radius 1 is 1.37 bits per heavy atom. The lowest BCUT2D eigenvalue weighted by molar-refractivity contribution is 0.0783. The normalized spacial score (nSPS) is 19.2. The Morgan fingerprint density at radius 2 is 2.16 bits per heavy atom. The summed E-state index contributed by atoms with van der Waals surface area (Å²) in [5.74, 6) is 0.531. The molecular weight excluding hydrogens is 240 g/mol. The van der Waals surface area contributed by atoms with Gasteiger partial charge in [0.1, 0.15) is 6.61 Å². The maximum atomic E-state index is 12.0. The van der Waals surface area contributed by atoms with Gasteiger partial charge in [0.15, 0.2) is 0 Å². The predicted octanol–water partition coefficient (Wildman–Crippen LogP) is 2.38. The third-order valence-corrected chi connectivity index (χ3v) is 3.56. The topological polar surface area (TPSA) is 55.6 Å². The summed E-state index contributed by atoms with van der Waals surface area (Å²) in [5, 5.41) is 0. The maximum Gasteiger partial charge on any atom is 0.410 e. The standard InChI is InChI=1S/C15H22N2O2/c16-9-8-13-7-4-10-17(11-13)15(18)19-12-14-5-2-1-3-6-14/h1-3,5-6,13H,4,7-12,16H2/t13-/m1/s1. The van der Waals surface area contributed by atoms with E-state index in [9.17, 15) is 4.79 Å². The molecule has 1 fully saturated rings. The van der Waals surface area contributed by atoms with Crippen LogP contribution in [-0.4, -0.2) is 30.6 Å². The highest BCUT2D eigenvalue weighted by Crippen LogP contribution is 2.19. The second kappa shape index (κ2) is 7.14. The molecular formula is C15H22N2O2. The number of nitrogens with two attached hydrogens (primary N) is 1. The van der Waals surface area contributed by atoms with E-state index in [0.717, 1.165) is 31.5 Å². The summed E-state index contributed by atoms with van der Waals surface area (Å²) in [5.41, 5.74) is 6.60. The quantitative estimate of drug-likeness (QED) is 0.906. The number of nitrogens with zero attached hydrogens (tertiary/aromatic N) is 1. The van der Waals surface area contributed by atoms with Crippen LogP contribution in [0.2, 0.25) is 0 Å². The minimum Gasteiger partial charge on any atom is -0.445 e. The Kier molecular flexibility index (Phi) is 5.21. The van der Waals surface area contributed by atoms with Gasteiger partial charge in [0.05, 0.1) is 0 Å². The molecule has 0 bridgehead atoms. The zero-order chi connectivity index (χ0) is 13.5. The monoisotopic (exact) mass is 262 g/mol. The largest absolute Gasteiger partial charge is 0.445 e. The minimum absolute atomic E-state index is 0.203. The van der Waals surface area contributed by atoms with Crippen LogP contribution in [0.3, 0.4) is 0 Å². The number of carbonyl (C=O) groups is 1. The summed E-state index contributed by atoms with van der Waals surface area (Å²) in [6.07, 6.45) is 3.00. The molecule has 1 aliphatic heterocycles. The van der Waals surface area contributed by atoms with Gasteiger partial charge in [0, 0.05) is 13.1 Å². The molecule has 1 amide bonds. The summed E-state index contributed by atoms with van der Waals surface area (Å²) < 4.78 is 5.35. The van der Waals surface area contributed by atoms with Crippen LogP contribution in [0.25, 0.3) is 0 Å². The number of rotatable bonds is 4. The van der Waals surface area contributed by atoms with Crippen molar-refractivity contribution in [1.82, 2.24) is 4.90 Å². The van der Waals surface area contributed by atoms with Crippen LogP contribution < -0.4 is 5.73 Å². The summed E-state index contributed by atoms with van der Waals surface area (Å²) in [4.78, 5) is 13.8. The number of amides is 1. The van der Waals surface area contributed by atoms with Gasteiger partial charge < -0.3 is 15.4 Å². The highest BCUT2D eigenvalue weighted by Gasteiger charge is 2.23. The van der Waals surface area contributed by atoms with Crippen molar-refractivity contribution in [3.05, 3.63) is 35.9 Å². The first-order valence-corrected chi connectivity index (χ1v) is 6.95. The minimum atomic E-state index is -0.203. The first kappa shape index (κ1) is 13.9. The molecule has 0 aromatic heterocycles. The lowest BCUT2D eigenvalue weighted by atomic mass is 9.95. The van der Waals surface area contributed by atoms with Crippen molar-refractivity contribution in [1.29, 1.82) is 0 Å². The summed E-state index contributed by atoms with van der Waals surface area (Å²) in [7, 11) is 0. The van der Waals surface area contributed by atoms with E-state index in [1.807, 2.05) is 35.2 Å². The van der Waals surface area contributed by atoms with Crippen LogP contribution in [0.5, 0.6) is 0 Å². The molecule has 1 aliphatic rings. The van der Waals surface area contributed by atoms with Crippen LogP contribution in [-0.2, 0) is 11.3 Å². The second-order valence-corrected chi connectivity index (χ2v) is 5.07. The molecule has 0 aliphatic carbocycles. The smallest absolute Gasteiger partial charge is 0.410 e. The van der Waals surface area contributed by atoms with Gasteiger partial charge in [-0.15, -0.1) is 0 Å². The van der Waals surface area contributed by atoms with Gasteiger partial charge in [0.25, 0.3) is 0 Å². The third-order valence-electron chi connectivity index (χ3n) is 3.56. The van der Waals surface area contributed by atoms with Crippen LogP contribution in [0.15, 0.2) is 30.3 Å². The number of ether oxygens (including phenoxy) is 1. The SMILES string of the molecule is NCC[C@H]1CCCN(C(=O)OCc2ccccc2)C1. The summed E-state index contributed by atoms with van der Waals surface area (Å²) in [6.45, 7) is 2.62. The van der Waals surface area contributed by atoms with Gasteiger partial charge in [-0.2, -0.15) is 0 Å². The lowest BCUT2D eigenvalue weighted by Crippen LogP contribution is -2.40. The van der Waals surface area contributed by atoms with Gasteiger partial charge in [-0.05, 0) is 37.3 Å². The highest BCUT2D eigenvalue weighted by molar-refractivity contribution is 5.67. The van der Waals surface area contributed by atoms with E-state index in [0.29, 0.717) is 19.1 Å². The molecule has 2 rings (SSSR count). The lowest BCUT2D eigenvalue weighted by Gasteiger charge is -2.31. The molecule has 104 valence electrons. The van der Waals surface area contributed by atoms with Gasteiger partial charge >= 0.3 is 6.09 Å². The van der Waals surface area contributed by atoms with Crippen LogP contribution in [0.1, 0.15) is 24.8 Å². The molecule has 0 saturated carbocycles. The molecule has 1 saturated heterocycles. The van der Waals surface area contributed by atoms with Gasteiger partial charge in [-0.1, -0.05) is 30.3 Å². The fourth-order valence-corrected chi connectivity index (χ4v) is 2.51. The Balaban J connectivity index is 1.79. The highest BCUT2D eigenvalue weighted by atomic mass is 16.6. The fraction of sp³-hybridized carbons (Fsp3) is 0.533. The maximum absolute atomic E-state index is 12.0. The summed E-state index contributed by atoms with van der Waals surface area (Å²) in [6, 6.07) is 9.76. The molecule has 19 heavy (non-hydrogen) atoms. The molecule has 1 atom stereocenters. The van der Waals surface area contributed by atoms with E-state index < -0.39 is 0 Å². The Hall–Kier alpha value is -1.55. The van der Waals surface area contributed by atoms with Crippen molar-refractivity contribution < 1.29 is 9.53 Å². The van der Waals surface area contributed by atoms with Crippen molar-refractivity contribution in [3.63, 3.8) is 0 Å². The van der Waals surface area contributed by atoms with E-state index in [1.54, 1.807) is 0 Å². The number of hydrogen-bond donors (Lipinski definition) is 1. The van der Waals surface area contributed by atoms with E-state index >= 15 is 0 Å². The first-order valence-electron chi connectivity index (χ1n) is 6.95. The average molecular weight is 262 g/mol. The zero-order valence-electron chi connectivity index (χ0n) is 11.3. The van der Waals surface area contributed by atoms with E-state index in [4.69, 9.17) is 10.5 Å². The van der Waals surface area contributed by atoms with Gasteiger partial charge in [-0.25, -0.2) is 4.79 Å². The molecule has 4 nitrogen and oxygen atoms in total. The van der Waals surface area contributed by atoms with E-state index in [-0.39, 0.29) is 6.09 Å².